The molecule has 0 radical (unpaired) electrons. The van der Waals surface area contributed by atoms with Crippen LogP contribution < -0.4 is 5.32 Å². The summed E-state index contributed by atoms with van der Waals surface area (Å²) in [6.45, 7) is 5.80. The van der Waals surface area contributed by atoms with Crippen molar-refractivity contribution in [3.05, 3.63) is 70.5 Å². The molecule has 0 aliphatic carbocycles. The minimum atomic E-state index is -0.245. The molecule has 2 aromatic carbocycles. The first-order chi connectivity index (χ1) is 12.0. The van der Waals surface area contributed by atoms with Gasteiger partial charge in [0.25, 0.3) is 5.91 Å². The maximum absolute atomic E-state index is 13.3. The predicted octanol–water partition coefficient (Wildman–Crippen LogP) is 3.92. The maximum Gasteiger partial charge on any atom is 0.251 e. The molecule has 132 valence electrons. The molecule has 1 heterocycles. The highest BCUT2D eigenvalue weighted by molar-refractivity contribution is 5.94. The zero-order valence-electron chi connectivity index (χ0n) is 14.8. The first-order valence-electron chi connectivity index (χ1n) is 8.69. The minimum Gasteiger partial charge on any atom is -0.381 e. The van der Waals surface area contributed by atoms with Gasteiger partial charge in [-0.05, 0) is 56.5 Å². The lowest BCUT2D eigenvalue weighted by Crippen LogP contribution is -2.44. The van der Waals surface area contributed by atoms with E-state index in [1.807, 2.05) is 38.1 Å². The number of nitrogens with one attached hydrogen (secondary N) is 1. The summed E-state index contributed by atoms with van der Waals surface area (Å²) in [5, 5.41) is 3.09. The van der Waals surface area contributed by atoms with Crippen LogP contribution in [0, 0.1) is 19.7 Å². The lowest BCUT2D eigenvalue weighted by molar-refractivity contribution is 0.0487. The van der Waals surface area contributed by atoms with Crippen molar-refractivity contribution in [3.63, 3.8) is 0 Å². The molecule has 0 unspecified atom stereocenters. The third-order valence-electron chi connectivity index (χ3n) is 4.98. The van der Waals surface area contributed by atoms with Gasteiger partial charge < -0.3 is 10.1 Å². The molecule has 1 fully saturated rings. The highest BCUT2D eigenvalue weighted by atomic mass is 19.1. The van der Waals surface area contributed by atoms with Gasteiger partial charge in [-0.15, -0.1) is 0 Å². The van der Waals surface area contributed by atoms with Crippen molar-refractivity contribution in [1.29, 1.82) is 0 Å². The molecule has 25 heavy (non-hydrogen) atoms. The summed E-state index contributed by atoms with van der Waals surface area (Å²) in [5.74, 6) is -0.315. The molecule has 2 aromatic rings. The van der Waals surface area contributed by atoms with E-state index in [1.54, 1.807) is 0 Å². The molecule has 1 saturated heterocycles. The summed E-state index contributed by atoms with van der Waals surface area (Å²) >= 11 is 0. The summed E-state index contributed by atoms with van der Waals surface area (Å²) in [7, 11) is 0. The van der Waals surface area contributed by atoms with E-state index in [2.05, 4.69) is 11.4 Å². The number of amides is 1. The molecule has 0 spiro atoms. The van der Waals surface area contributed by atoms with Crippen LogP contribution in [0.3, 0.4) is 0 Å². The molecule has 1 N–H and O–H groups in total. The van der Waals surface area contributed by atoms with Gasteiger partial charge in [-0.3, -0.25) is 4.79 Å². The number of aryl methyl sites for hydroxylation is 2. The number of rotatable bonds is 4. The first kappa shape index (κ1) is 17.6. The first-order valence-corrected chi connectivity index (χ1v) is 8.69. The van der Waals surface area contributed by atoms with Gasteiger partial charge in [-0.25, -0.2) is 4.39 Å². The Hall–Kier alpha value is -2.20. The number of halogens is 1. The van der Waals surface area contributed by atoms with Crippen molar-refractivity contribution in [2.45, 2.75) is 32.1 Å². The van der Waals surface area contributed by atoms with Gasteiger partial charge in [0.05, 0.1) is 0 Å². The smallest absolute Gasteiger partial charge is 0.251 e. The Bertz CT molecular complexity index is 729. The van der Waals surface area contributed by atoms with Crippen LogP contribution in [0.2, 0.25) is 0 Å². The van der Waals surface area contributed by atoms with E-state index in [4.69, 9.17) is 4.74 Å². The molecule has 3 nitrogen and oxygen atoms in total. The number of carbonyl (C=O) groups is 1. The number of hydrogen-bond donors (Lipinski definition) is 1. The van der Waals surface area contributed by atoms with E-state index in [-0.39, 0.29) is 17.1 Å². The van der Waals surface area contributed by atoms with Crippen LogP contribution in [0.1, 0.15) is 39.9 Å². The summed E-state index contributed by atoms with van der Waals surface area (Å²) < 4.78 is 18.8. The largest absolute Gasteiger partial charge is 0.381 e. The topological polar surface area (TPSA) is 38.3 Å². The van der Waals surface area contributed by atoms with Gasteiger partial charge in [0.15, 0.2) is 0 Å². The van der Waals surface area contributed by atoms with E-state index in [1.165, 1.54) is 12.1 Å². The lowest BCUT2D eigenvalue weighted by atomic mass is 9.74. The zero-order valence-corrected chi connectivity index (χ0v) is 14.8. The average Bonchev–Trinajstić information content (AvgIpc) is 2.60. The van der Waals surface area contributed by atoms with Crippen molar-refractivity contribution in [2.75, 3.05) is 19.8 Å². The molecule has 0 atom stereocenters. The van der Waals surface area contributed by atoms with E-state index >= 15 is 0 Å². The molecule has 1 aliphatic rings. The van der Waals surface area contributed by atoms with Gasteiger partial charge in [-0.1, -0.05) is 29.3 Å². The molecule has 0 aromatic heterocycles. The van der Waals surface area contributed by atoms with Crippen molar-refractivity contribution in [3.8, 4) is 0 Å². The Balaban J connectivity index is 1.79. The van der Waals surface area contributed by atoms with Crippen LogP contribution in [0.15, 0.2) is 42.5 Å². The van der Waals surface area contributed by atoms with Crippen molar-refractivity contribution >= 4 is 5.91 Å². The van der Waals surface area contributed by atoms with Crippen molar-refractivity contribution in [2.24, 2.45) is 0 Å². The second-order valence-corrected chi connectivity index (χ2v) is 6.96. The summed E-state index contributed by atoms with van der Waals surface area (Å²) in [6, 6.07) is 12.5. The molecular formula is C21H24FNO2. The highest BCUT2D eigenvalue weighted by Gasteiger charge is 2.35. The van der Waals surface area contributed by atoms with Gasteiger partial charge in [0.2, 0.25) is 0 Å². The number of hydrogen-bond acceptors (Lipinski definition) is 2. The average molecular weight is 341 g/mol. The van der Waals surface area contributed by atoms with Gasteiger partial charge >= 0.3 is 0 Å². The molecule has 3 rings (SSSR count). The Kier molecular flexibility index (Phi) is 5.19. The summed E-state index contributed by atoms with van der Waals surface area (Å²) in [5.41, 5.74) is 3.67. The van der Waals surface area contributed by atoms with Crippen LogP contribution in [0.5, 0.6) is 0 Å². The molecule has 4 heteroatoms. The van der Waals surface area contributed by atoms with Crippen LogP contribution >= 0.6 is 0 Å². The van der Waals surface area contributed by atoms with Crippen LogP contribution in [-0.4, -0.2) is 25.7 Å². The molecule has 0 saturated carbocycles. The summed E-state index contributed by atoms with van der Waals surface area (Å²) in [6.07, 6.45) is 1.62. The predicted molar refractivity (Wildman–Crippen MR) is 96.4 cm³/mol. The molecule has 0 bridgehead atoms. The molecule has 1 aliphatic heterocycles. The molecule has 1 amide bonds. The number of benzene rings is 2. The lowest BCUT2D eigenvalue weighted by Gasteiger charge is -2.38. The monoisotopic (exact) mass is 341 g/mol. The van der Waals surface area contributed by atoms with E-state index in [0.717, 1.165) is 29.5 Å². The third kappa shape index (κ3) is 4.07. The van der Waals surface area contributed by atoms with Gasteiger partial charge in [0.1, 0.15) is 5.82 Å². The second kappa shape index (κ2) is 7.36. The SMILES string of the molecule is Cc1cc(C)cc(C(=O)NCC2(c3ccc(F)cc3)CCOCC2)c1. The van der Waals surface area contributed by atoms with Crippen molar-refractivity contribution in [1.82, 2.24) is 5.32 Å². The highest BCUT2D eigenvalue weighted by Crippen LogP contribution is 2.34. The second-order valence-electron chi connectivity index (χ2n) is 6.96. The van der Waals surface area contributed by atoms with Gasteiger partial charge in [-0.2, -0.15) is 0 Å². The Morgan fingerprint density at radius 3 is 2.28 bits per heavy atom. The van der Waals surface area contributed by atoms with Crippen LogP contribution in [0.25, 0.3) is 0 Å². The quantitative estimate of drug-likeness (QED) is 0.915. The fourth-order valence-corrected chi connectivity index (χ4v) is 3.59. The molecular weight excluding hydrogens is 317 g/mol. The van der Waals surface area contributed by atoms with E-state index in [9.17, 15) is 9.18 Å². The van der Waals surface area contributed by atoms with Gasteiger partial charge in [0, 0.05) is 30.7 Å². The van der Waals surface area contributed by atoms with Crippen LogP contribution in [-0.2, 0) is 10.2 Å². The standard InChI is InChI=1S/C21H24FNO2/c1-15-11-16(2)13-17(12-15)20(24)23-14-21(7-9-25-10-8-21)18-3-5-19(22)6-4-18/h3-6,11-13H,7-10,14H2,1-2H3,(H,23,24). The number of carbonyl (C=O) groups excluding carboxylic acids is 1. The number of ether oxygens (including phenoxy) is 1. The fourth-order valence-electron chi connectivity index (χ4n) is 3.59. The zero-order chi connectivity index (χ0) is 17.9. The Morgan fingerprint density at radius 1 is 1.08 bits per heavy atom. The van der Waals surface area contributed by atoms with E-state index < -0.39 is 0 Å². The fraction of sp³-hybridized carbons (Fsp3) is 0.381. The summed E-state index contributed by atoms with van der Waals surface area (Å²) in [4.78, 5) is 12.6. The minimum absolute atomic E-state index is 0.0696. The van der Waals surface area contributed by atoms with Crippen LogP contribution in [0.4, 0.5) is 4.39 Å². The van der Waals surface area contributed by atoms with Crippen molar-refractivity contribution < 1.29 is 13.9 Å². The van der Waals surface area contributed by atoms with E-state index in [0.29, 0.717) is 25.3 Å². The Morgan fingerprint density at radius 2 is 1.68 bits per heavy atom. The normalized spacial score (nSPS) is 16.4. The third-order valence-corrected chi connectivity index (χ3v) is 4.98. The maximum atomic E-state index is 13.3. The Labute approximate surface area is 148 Å².